The number of Topliss-reactive ketones (excluding diaryl/α,β-unsaturated/α-hetero) is 2. The van der Waals surface area contributed by atoms with Crippen molar-refractivity contribution in [3.05, 3.63) is 47.3 Å². The molecule has 102 valence electrons. The van der Waals surface area contributed by atoms with Gasteiger partial charge in [-0.05, 0) is 24.3 Å². The molecule has 0 fully saturated rings. The van der Waals surface area contributed by atoms with Crippen molar-refractivity contribution >= 4 is 28.9 Å². The van der Waals surface area contributed by atoms with E-state index in [1.54, 1.807) is 18.2 Å². The van der Waals surface area contributed by atoms with Gasteiger partial charge >= 0.3 is 5.97 Å². The van der Waals surface area contributed by atoms with Crippen LogP contribution in [-0.4, -0.2) is 22.6 Å². The third kappa shape index (κ3) is 3.52. The van der Waals surface area contributed by atoms with Crippen LogP contribution in [0.4, 0.5) is 0 Å². The van der Waals surface area contributed by atoms with Crippen LogP contribution in [0.5, 0.6) is 10.8 Å². The monoisotopic (exact) mass is 290 g/mol. The highest BCUT2D eigenvalue weighted by molar-refractivity contribution is 7.15. The molecular formula is C14H10O5S. The van der Waals surface area contributed by atoms with Crippen molar-refractivity contribution in [1.82, 2.24) is 0 Å². The Hall–Kier alpha value is -2.47. The highest BCUT2D eigenvalue weighted by Gasteiger charge is 2.19. The number of thiophene rings is 1. The molecule has 0 spiro atoms. The maximum atomic E-state index is 11.7. The molecule has 0 saturated carbocycles. The Balaban J connectivity index is 2.04. The van der Waals surface area contributed by atoms with Crippen molar-refractivity contribution in [3.63, 3.8) is 0 Å². The Kier molecular flexibility index (Phi) is 4.27. The van der Waals surface area contributed by atoms with Crippen LogP contribution >= 0.6 is 11.3 Å². The number of ether oxygens (including phenoxy) is 1. The third-order valence-corrected chi connectivity index (χ3v) is 3.38. The highest BCUT2D eigenvalue weighted by Crippen LogP contribution is 2.29. The molecule has 0 saturated heterocycles. The molecular weight excluding hydrogens is 280 g/mol. The molecule has 2 rings (SSSR count). The predicted octanol–water partition coefficient (Wildman–Crippen LogP) is 2.77. The van der Waals surface area contributed by atoms with E-state index in [4.69, 9.17) is 9.84 Å². The zero-order chi connectivity index (χ0) is 14.5. The van der Waals surface area contributed by atoms with Crippen LogP contribution in [-0.2, 0) is 9.59 Å². The number of para-hydroxylation sites is 1. The summed E-state index contributed by atoms with van der Waals surface area (Å²) in [6.45, 7) is 0. The lowest BCUT2D eigenvalue weighted by molar-refractivity contribution is -0.148. The summed E-state index contributed by atoms with van der Waals surface area (Å²) in [6.07, 6.45) is -0.638. The van der Waals surface area contributed by atoms with Crippen LogP contribution in [0.3, 0.4) is 0 Å². The first-order valence-corrected chi connectivity index (χ1v) is 6.50. The molecule has 0 aliphatic carbocycles. The molecule has 1 N–H and O–H groups in total. The van der Waals surface area contributed by atoms with Gasteiger partial charge in [-0.15, -0.1) is 0 Å². The number of hydrogen-bond acceptors (Lipinski definition) is 5. The first kappa shape index (κ1) is 14.0. The summed E-state index contributed by atoms with van der Waals surface area (Å²) in [6, 6.07) is 12.2. The third-order valence-electron chi connectivity index (χ3n) is 2.38. The lowest BCUT2D eigenvalue weighted by Gasteiger charge is -2.00. The normalized spacial score (nSPS) is 10.0. The number of carboxylic acid groups (broad SMARTS) is 1. The van der Waals surface area contributed by atoms with Gasteiger partial charge in [0.2, 0.25) is 5.78 Å². The Morgan fingerprint density at radius 3 is 2.40 bits per heavy atom. The first-order chi connectivity index (χ1) is 9.56. The standard InChI is InChI=1S/C14H10O5S/c15-10(8-11(16)14(17)18)12-6-7-13(20-12)19-9-4-2-1-3-5-9/h1-7H,8H2,(H,17,18). The molecule has 0 atom stereocenters. The van der Waals surface area contributed by atoms with E-state index in [1.807, 2.05) is 18.2 Å². The van der Waals surface area contributed by atoms with Gasteiger partial charge in [0.25, 0.3) is 0 Å². The number of rotatable bonds is 6. The molecule has 5 nitrogen and oxygen atoms in total. The number of carbonyl (C=O) groups excluding carboxylic acids is 2. The van der Waals surface area contributed by atoms with E-state index in [1.165, 1.54) is 6.07 Å². The maximum absolute atomic E-state index is 11.7. The minimum atomic E-state index is -1.60. The average Bonchev–Trinajstić information content (AvgIpc) is 2.88. The topological polar surface area (TPSA) is 80.7 Å². The van der Waals surface area contributed by atoms with Crippen molar-refractivity contribution in [2.45, 2.75) is 6.42 Å². The SMILES string of the molecule is O=C(O)C(=O)CC(=O)c1ccc(Oc2ccccc2)s1. The Morgan fingerprint density at radius 1 is 1.05 bits per heavy atom. The average molecular weight is 290 g/mol. The quantitative estimate of drug-likeness (QED) is 0.502. The van der Waals surface area contributed by atoms with Gasteiger partial charge in [-0.2, -0.15) is 0 Å². The summed E-state index contributed by atoms with van der Waals surface area (Å²) in [5.74, 6) is -2.61. The van der Waals surface area contributed by atoms with E-state index in [-0.39, 0.29) is 0 Å². The van der Waals surface area contributed by atoms with Crippen molar-refractivity contribution in [1.29, 1.82) is 0 Å². The molecule has 0 aliphatic rings. The Labute approximate surface area is 118 Å². The summed E-state index contributed by atoms with van der Waals surface area (Å²) in [4.78, 5) is 33.4. The molecule has 6 heteroatoms. The number of carbonyl (C=O) groups is 3. The Morgan fingerprint density at radius 2 is 1.75 bits per heavy atom. The second-order valence-electron chi connectivity index (χ2n) is 3.86. The lowest BCUT2D eigenvalue weighted by atomic mass is 10.2. The van der Waals surface area contributed by atoms with Gasteiger partial charge in [0.1, 0.15) is 5.75 Å². The molecule has 0 radical (unpaired) electrons. The van der Waals surface area contributed by atoms with E-state index >= 15 is 0 Å². The molecule has 2 aromatic rings. The number of benzene rings is 1. The zero-order valence-corrected chi connectivity index (χ0v) is 11.1. The number of carboxylic acids is 1. The van der Waals surface area contributed by atoms with E-state index in [0.717, 1.165) is 11.3 Å². The summed E-state index contributed by atoms with van der Waals surface area (Å²) >= 11 is 1.07. The molecule has 1 aromatic carbocycles. The van der Waals surface area contributed by atoms with E-state index in [9.17, 15) is 14.4 Å². The van der Waals surface area contributed by atoms with Crippen LogP contribution in [0.1, 0.15) is 16.1 Å². The van der Waals surface area contributed by atoms with Gasteiger partial charge in [-0.1, -0.05) is 29.5 Å². The molecule has 0 unspecified atom stereocenters. The molecule has 1 heterocycles. The van der Waals surface area contributed by atoms with E-state index in [0.29, 0.717) is 15.7 Å². The van der Waals surface area contributed by atoms with Gasteiger partial charge in [0.05, 0.1) is 11.3 Å². The summed E-state index contributed by atoms with van der Waals surface area (Å²) in [5, 5.41) is 8.96. The fraction of sp³-hybridized carbons (Fsp3) is 0.0714. The first-order valence-electron chi connectivity index (χ1n) is 5.68. The van der Waals surface area contributed by atoms with Crippen molar-refractivity contribution < 1.29 is 24.2 Å². The zero-order valence-electron chi connectivity index (χ0n) is 10.2. The van der Waals surface area contributed by atoms with Gasteiger partial charge < -0.3 is 9.84 Å². The van der Waals surface area contributed by atoms with Crippen LogP contribution in [0, 0.1) is 0 Å². The fourth-order valence-electron chi connectivity index (χ4n) is 1.44. The lowest BCUT2D eigenvalue weighted by Crippen LogP contribution is -2.16. The summed E-state index contributed by atoms with van der Waals surface area (Å²) in [5.41, 5.74) is 0. The van der Waals surface area contributed by atoms with Gasteiger partial charge in [-0.25, -0.2) is 4.79 Å². The fourth-order valence-corrected chi connectivity index (χ4v) is 2.25. The van der Waals surface area contributed by atoms with E-state index in [2.05, 4.69) is 0 Å². The number of hydrogen-bond donors (Lipinski definition) is 1. The number of aliphatic carboxylic acids is 1. The second-order valence-corrected chi connectivity index (χ2v) is 4.91. The number of ketones is 2. The Bertz CT molecular complexity index is 645. The smallest absolute Gasteiger partial charge is 0.372 e. The van der Waals surface area contributed by atoms with Gasteiger partial charge in [0.15, 0.2) is 10.8 Å². The van der Waals surface area contributed by atoms with Crippen LogP contribution in [0.25, 0.3) is 0 Å². The van der Waals surface area contributed by atoms with Crippen LogP contribution < -0.4 is 4.74 Å². The molecule has 0 amide bonds. The summed E-state index contributed by atoms with van der Waals surface area (Å²) in [7, 11) is 0. The molecule has 0 aliphatic heterocycles. The minimum Gasteiger partial charge on any atom is -0.475 e. The van der Waals surface area contributed by atoms with E-state index < -0.39 is 24.0 Å². The van der Waals surface area contributed by atoms with Gasteiger partial charge in [-0.3, -0.25) is 9.59 Å². The maximum Gasteiger partial charge on any atom is 0.372 e. The van der Waals surface area contributed by atoms with Crippen molar-refractivity contribution in [2.24, 2.45) is 0 Å². The van der Waals surface area contributed by atoms with Crippen LogP contribution in [0.2, 0.25) is 0 Å². The second kappa shape index (κ2) is 6.12. The van der Waals surface area contributed by atoms with Gasteiger partial charge in [0, 0.05) is 0 Å². The largest absolute Gasteiger partial charge is 0.475 e. The molecule has 20 heavy (non-hydrogen) atoms. The van der Waals surface area contributed by atoms with Crippen molar-refractivity contribution in [2.75, 3.05) is 0 Å². The van der Waals surface area contributed by atoms with Crippen LogP contribution in [0.15, 0.2) is 42.5 Å². The minimum absolute atomic E-state index is 0.297. The predicted molar refractivity (Wildman–Crippen MR) is 72.4 cm³/mol. The summed E-state index contributed by atoms with van der Waals surface area (Å²) < 4.78 is 5.53. The molecule has 0 bridgehead atoms. The van der Waals surface area contributed by atoms with Crippen molar-refractivity contribution in [3.8, 4) is 10.8 Å². The molecule has 1 aromatic heterocycles. The highest BCUT2D eigenvalue weighted by atomic mass is 32.1.